The molecule has 1 aliphatic heterocycles. The second kappa shape index (κ2) is 4.63. The molecule has 4 nitrogen and oxygen atoms in total. The molecule has 0 spiro atoms. The zero-order chi connectivity index (χ0) is 11.5. The second-order valence-electron chi connectivity index (χ2n) is 4.07. The predicted octanol–water partition coefficient (Wildman–Crippen LogP) is 0.285. The molecule has 1 aromatic carbocycles. The van der Waals surface area contributed by atoms with Crippen molar-refractivity contribution in [2.24, 2.45) is 5.73 Å². The van der Waals surface area contributed by atoms with E-state index < -0.39 is 6.04 Å². The molecule has 0 saturated heterocycles. The number of hydrogen-bond acceptors (Lipinski definition) is 3. The van der Waals surface area contributed by atoms with Gasteiger partial charge in [0.25, 0.3) is 0 Å². The average molecular weight is 220 g/mol. The number of rotatable bonds is 3. The Morgan fingerprint density at radius 1 is 1.50 bits per heavy atom. The van der Waals surface area contributed by atoms with E-state index in [-0.39, 0.29) is 18.9 Å². The Morgan fingerprint density at radius 3 is 3.00 bits per heavy atom. The molecule has 0 unspecified atom stereocenters. The maximum Gasteiger partial charge on any atom is 0.228 e. The number of benzene rings is 1. The van der Waals surface area contributed by atoms with Gasteiger partial charge in [-0.15, -0.1) is 0 Å². The highest BCUT2D eigenvalue weighted by molar-refractivity contribution is 5.95. The maximum atomic E-state index is 11.9. The fourth-order valence-electron chi connectivity index (χ4n) is 2.00. The summed E-state index contributed by atoms with van der Waals surface area (Å²) in [5.74, 6) is -0.00787. The summed E-state index contributed by atoms with van der Waals surface area (Å²) in [6.07, 6.45) is 1.10. The van der Waals surface area contributed by atoms with Crippen molar-refractivity contribution >= 4 is 11.6 Å². The zero-order valence-corrected chi connectivity index (χ0v) is 9.10. The molecule has 0 bridgehead atoms. The van der Waals surface area contributed by atoms with E-state index in [1.165, 1.54) is 5.56 Å². The molecule has 86 valence electrons. The molecule has 1 amide bonds. The molecule has 16 heavy (non-hydrogen) atoms. The monoisotopic (exact) mass is 220 g/mol. The number of anilines is 1. The normalized spacial score (nSPS) is 16.0. The minimum Gasteiger partial charge on any atom is -0.395 e. The minimum atomic E-state index is -0.458. The third-order valence-corrected chi connectivity index (χ3v) is 2.86. The Hall–Kier alpha value is -1.39. The standard InChI is InChI=1S/C12H16N2O2/c13-10(8-15)7-12(16)14-6-5-9-3-1-2-4-11(9)14/h1-4,10,15H,5-8,13H2/t10-/m0/s1. The van der Waals surface area contributed by atoms with Gasteiger partial charge in [-0.05, 0) is 18.1 Å². The van der Waals surface area contributed by atoms with E-state index in [1.54, 1.807) is 4.90 Å². The van der Waals surface area contributed by atoms with Gasteiger partial charge in [0.2, 0.25) is 5.91 Å². The largest absolute Gasteiger partial charge is 0.395 e. The van der Waals surface area contributed by atoms with Crippen molar-refractivity contribution in [3.05, 3.63) is 29.8 Å². The van der Waals surface area contributed by atoms with Crippen LogP contribution in [0.2, 0.25) is 0 Å². The quantitative estimate of drug-likeness (QED) is 0.769. The topological polar surface area (TPSA) is 66.6 Å². The summed E-state index contributed by atoms with van der Waals surface area (Å²) in [6.45, 7) is 0.567. The van der Waals surface area contributed by atoms with Crippen LogP contribution in [0.3, 0.4) is 0 Å². The summed E-state index contributed by atoms with van der Waals surface area (Å²) in [5, 5.41) is 8.83. The number of aliphatic hydroxyl groups excluding tert-OH is 1. The van der Waals surface area contributed by atoms with Gasteiger partial charge in [-0.2, -0.15) is 0 Å². The van der Waals surface area contributed by atoms with Gasteiger partial charge in [-0.1, -0.05) is 18.2 Å². The van der Waals surface area contributed by atoms with Crippen LogP contribution < -0.4 is 10.6 Å². The van der Waals surface area contributed by atoms with Crippen molar-refractivity contribution in [2.45, 2.75) is 18.9 Å². The number of hydrogen-bond donors (Lipinski definition) is 2. The summed E-state index contributed by atoms with van der Waals surface area (Å²) in [4.78, 5) is 13.7. The Kier molecular flexibility index (Phi) is 3.22. The number of amides is 1. The highest BCUT2D eigenvalue weighted by Gasteiger charge is 2.24. The van der Waals surface area contributed by atoms with Crippen molar-refractivity contribution < 1.29 is 9.90 Å². The van der Waals surface area contributed by atoms with E-state index in [1.807, 2.05) is 24.3 Å². The summed E-state index contributed by atoms with van der Waals surface area (Å²) < 4.78 is 0. The Bertz CT molecular complexity index is 392. The van der Waals surface area contributed by atoms with Gasteiger partial charge in [-0.3, -0.25) is 4.79 Å². The summed E-state index contributed by atoms with van der Waals surface area (Å²) in [5.41, 5.74) is 7.75. The molecule has 0 aliphatic carbocycles. The van der Waals surface area contributed by atoms with Crippen LogP contribution in [0.4, 0.5) is 5.69 Å². The van der Waals surface area contributed by atoms with Crippen molar-refractivity contribution in [3.63, 3.8) is 0 Å². The molecule has 3 N–H and O–H groups in total. The van der Waals surface area contributed by atoms with Gasteiger partial charge in [0.05, 0.1) is 6.61 Å². The van der Waals surface area contributed by atoms with E-state index in [2.05, 4.69) is 0 Å². The lowest BCUT2D eigenvalue weighted by Crippen LogP contribution is -2.36. The minimum absolute atomic E-state index is 0.00787. The van der Waals surface area contributed by atoms with E-state index >= 15 is 0 Å². The molecule has 1 aliphatic rings. The molecule has 0 fully saturated rings. The zero-order valence-electron chi connectivity index (χ0n) is 9.10. The van der Waals surface area contributed by atoms with E-state index in [0.29, 0.717) is 0 Å². The lowest BCUT2D eigenvalue weighted by atomic mass is 10.1. The van der Waals surface area contributed by atoms with Crippen LogP contribution >= 0.6 is 0 Å². The van der Waals surface area contributed by atoms with E-state index in [4.69, 9.17) is 10.8 Å². The van der Waals surface area contributed by atoms with Crippen molar-refractivity contribution in [1.82, 2.24) is 0 Å². The molecule has 2 rings (SSSR count). The smallest absolute Gasteiger partial charge is 0.228 e. The van der Waals surface area contributed by atoms with Crippen LogP contribution in [0.25, 0.3) is 0 Å². The predicted molar refractivity (Wildman–Crippen MR) is 62.2 cm³/mol. The van der Waals surface area contributed by atoms with Gasteiger partial charge < -0.3 is 15.7 Å². The van der Waals surface area contributed by atoms with Crippen molar-refractivity contribution in [2.75, 3.05) is 18.1 Å². The van der Waals surface area contributed by atoms with Crippen molar-refractivity contribution in [1.29, 1.82) is 0 Å². The molecule has 4 heteroatoms. The van der Waals surface area contributed by atoms with Gasteiger partial charge in [0.1, 0.15) is 0 Å². The van der Waals surface area contributed by atoms with E-state index in [9.17, 15) is 4.79 Å². The van der Waals surface area contributed by atoms with Crippen LogP contribution in [0.1, 0.15) is 12.0 Å². The van der Waals surface area contributed by atoms with Crippen LogP contribution in [0, 0.1) is 0 Å². The molecule has 1 atom stereocenters. The molecule has 1 heterocycles. The number of para-hydroxylation sites is 1. The highest BCUT2D eigenvalue weighted by atomic mass is 16.3. The first-order valence-corrected chi connectivity index (χ1v) is 5.47. The van der Waals surface area contributed by atoms with Gasteiger partial charge >= 0.3 is 0 Å². The molecular weight excluding hydrogens is 204 g/mol. The maximum absolute atomic E-state index is 11.9. The number of carbonyl (C=O) groups is 1. The first kappa shape index (κ1) is 11.1. The van der Waals surface area contributed by atoms with Gasteiger partial charge in [-0.25, -0.2) is 0 Å². The number of nitrogens with two attached hydrogens (primary N) is 1. The molecule has 0 radical (unpaired) electrons. The number of carbonyl (C=O) groups excluding carboxylic acids is 1. The lowest BCUT2D eigenvalue weighted by molar-refractivity contribution is -0.119. The average Bonchev–Trinajstić information content (AvgIpc) is 2.72. The lowest BCUT2D eigenvalue weighted by Gasteiger charge is -2.18. The van der Waals surface area contributed by atoms with Gasteiger partial charge in [0, 0.05) is 24.7 Å². The molecule has 0 aromatic heterocycles. The first-order chi connectivity index (χ1) is 7.72. The fourth-order valence-corrected chi connectivity index (χ4v) is 2.00. The Morgan fingerprint density at radius 2 is 2.25 bits per heavy atom. The number of aliphatic hydroxyl groups is 1. The van der Waals surface area contributed by atoms with Crippen LogP contribution in [-0.2, 0) is 11.2 Å². The molecule has 0 saturated carbocycles. The number of nitrogens with zero attached hydrogens (tertiary/aromatic N) is 1. The SMILES string of the molecule is N[C@H](CO)CC(=O)N1CCc2ccccc21. The Balaban J connectivity index is 2.10. The van der Waals surface area contributed by atoms with Crippen LogP contribution in [0.5, 0.6) is 0 Å². The molecular formula is C12H16N2O2. The highest BCUT2D eigenvalue weighted by Crippen LogP contribution is 2.27. The first-order valence-electron chi connectivity index (χ1n) is 5.47. The van der Waals surface area contributed by atoms with Gasteiger partial charge in [0.15, 0.2) is 0 Å². The van der Waals surface area contributed by atoms with Crippen molar-refractivity contribution in [3.8, 4) is 0 Å². The second-order valence-corrected chi connectivity index (χ2v) is 4.07. The summed E-state index contributed by atoms with van der Waals surface area (Å²) in [7, 11) is 0. The third kappa shape index (κ3) is 2.08. The summed E-state index contributed by atoms with van der Waals surface area (Å²) in [6, 6.07) is 7.43. The molecule has 1 aromatic rings. The van der Waals surface area contributed by atoms with Crippen LogP contribution in [0.15, 0.2) is 24.3 Å². The summed E-state index contributed by atoms with van der Waals surface area (Å²) >= 11 is 0. The van der Waals surface area contributed by atoms with Crippen LogP contribution in [-0.4, -0.2) is 30.2 Å². The Labute approximate surface area is 94.7 Å². The fraction of sp³-hybridized carbons (Fsp3) is 0.417. The van der Waals surface area contributed by atoms with E-state index in [0.717, 1.165) is 18.7 Å². The third-order valence-electron chi connectivity index (χ3n) is 2.86. The number of fused-ring (bicyclic) bond motifs is 1.